The van der Waals surface area contributed by atoms with Crippen molar-refractivity contribution in [1.29, 1.82) is 0 Å². The Hall–Kier alpha value is -2.47. The van der Waals surface area contributed by atoms with Gasteiger partial charge in [-0.25, -0.2) is 9.97 Å². The number of carbonyl (C=O) groups is 2. The van der Waals surface area contributed by atoms with E-state index in [0.717, 1.165) is 12.0 Å². The first-order valence-corrected chi connectivity index (χ1v) is 8.05. The zero-order chi connectivity index (χ0) is 17.3. The second-order valence-electron chi connectivity index (χ2n) is 5.78. The second kappa shape index (κ2) is 6.57. The fourth-order valence-electron chi connectivity index (χ4n) is 2.86. The molecule has 24 heavy (non-hydrogen) atoms. The van der Waals surface area contributed by atoms with Crippen LogP contribution in [0, 0.1) is 6.92 Å². The van der Waals surface area contributed by atoms with E-state index in [9.17, 15) is 9.59 Å². The number of nitrogens with zero attached hydrogens (tertiary/aromatic N) is 3. The molecule has 6 nitrogen and oxygen atoms in total. The number of likely N-dealkylation sites (tertiary alicyclic amines) is 1. The number of halogens is 1. The smallest absolute Gasteiger partial charge is 0.273 e. The highest BCUT2D eigenvalue weighted by Crippen LogP contribution is 2.22. The third kappa shape index (κ3) is 3.23. The van der Waals surface area contributed by atoms with E-state index in [-0.39, 0.29) is 11.6 Å². The standard InChI is InChI=1S/C17H17ClN4O2/c1-10-9-13(17(24)22-8-2-3-14(22)15(19)23)21-16(20-10)11-4-6-12(18)7-5-11/h4-7,9,14H,2-3,8H2,1H3,(H2,19,23). The molecule has 3 rings (SSSR count). The number of hydrogen-bond donors (Lipinski definition) is 1. The van der Waals surface area contributed by atoms with Gasteiger partial charge in [0.2, 0.25) is 5.91 Å². The molecule has 1 saturated heterocycles. The number of hydrogen-bond acceptors (Lipinski definition) is 4. The van der Waals surface area contributed by atoms with E-state index < -0.39 is 11.9 Å². The van der Waals surface area contributed by atoms with Gasteiger partial charge in [0.25, 0.3) is 5.91 Å². The fraction of sp³-hybridized carbons (Fsp3) is 0.294. The van der Waals surface area contributed by atoms with Crippen molar-refractivity contribution < 1.29 is 9.59 Å². The third-order valence-electron chi connectivity index (χ3n) is 4.02. The molecule has 0 spiro atoms. The second-order valence-corrected chi connectivity index (χ2v) is 6.22. The quantitative estimate of drug-likeness (QED) is 0.924. The Bertz CT molecular complexity index is 792. The van der Waals surface area contributed by atoms with E-state index >= 15 is 0 Å². The van der Waals surface area contributed by atoms with Crippen molar-refractivity contribution in [3.63, 3.8) is 0 Å². The van der Waals surface area contributed by atoms with Crippen LogP contribution in [-0.2, 0) is 4.79 Å². The summed E-state index contributed by atoms with van der Waals surface area (Å²) < 4.78 is 0. The lowest BCUT2D eigenvalue weighted by Gasteiger charge is -2.22. The van der Waals surface area contributed by atoms with Crippen LogP contribution in [0.1, 0.15) is 29.0 Å². The van der Waals surface area contributed by atoms with Crippen molar-refractivity contribution >= 4 is 23.4 Å². The summed E-state index contributed by atoms with van der Waals surface area (Å²) in [4.78, 5) is 34.5. The molecule has 0 saturated carbocycles. The normalized spacial score (nSPS) is 17.1. The molecule has 2 N–H and O–H groups in total. The van der Waals surface area contributed by atoms with Crippen LogP contribution in [0.15, 0.2) is 30.3 Å². The first-order chi connectivity index (χ1) is 11.5. The molecule has 2 aromatic rings. The molecule has 1 aromatic carbocycles. The lowest BCUT2D eigenvalue weighted by atomic mass is 10.2. The fourth-order valence-corrected chi connectivity index (χ4v) is 2.98. The van der Waals surface area contributed by atoms with E-state index in [1.807, 2.05) is 0 Å². The molecule has 1 aliphatic rings. The predicted octanol–water partition coefficient (Wildman–Crippen LogP) is 2.20. The van der Waals surface area contributed by atoms with Crippen LogP contribution in [-0.4, -0.2) is 39.3 Å². The van der Waals surface area contributed by atoms with E-state index in [1.165, 1.54) is 4.90 Å². The molecule has 0 radical (unpaired) electrons. The monoisotopic (exact) mass is 344 g/mol. The van der Waals surface area contributed by atoms with Crippen molar-refractivity contribution in [3.05, 3.63) is 46.7 Å². The van der Waals surface area contributed by atoms with Gasteiger partial charge in [-0.2, -0.15) is 0 Å². The van der Waals surface area contributed by atoms with Crippen LogP contribution < -0.4 is 5.73 Å². The van der Waals surface area contributed by atoms with Crippen molar-refractivity contribution in [2.45, 2.75) is 25.8 Å². The predicted molar refractivity (Wildman–Crippen MR) is 90.5 cm³/mol. The number of amides is 2. The van der Waals surface area contributed by atoms with Crippen LogP contribution in [0.2, 0.25) is 5.02 Å². The third-order valence-corrected chi connectivity index (χ3v) is 4.27. The number of aromatic nitrogens is 2. The molecule has 0 aliphatic carbocycles. The summed E-state index contributed by atoms with van der Waals surface area (Å²) in [5.41, 5.74) is 7.10. The Morgan fingerprint density at radius 1 is 1.25 bits per heavy atom. The largest absolute Gasteiger partial charge is 0.368 e. The minimum Gasteiger partial charge on any atom is -0.368 e. The van der Waals surface area contributed by atoms with Crippen molar-refractivity contribution in [3.8, 4) is 11.4 Å². The average Bonchev–Trinajstić information content (AvgIpc) is 3.04. The van der Waals surface area contributed by atoms with Crippen LogP contribution in [0.5, 0.6) is 0 Å². The van der Waals surface area contributed by atoms with E-state index in [2.05, 4.69) is 9.97 Å². The maximum Gasteiger partial charge on any atom is 0.273 e. The number of primary amides is 1. The van der Waals surface area contributed by atoms with Crippen LogP contribution in [0.3, 0.4) is 0 Å². The molecule has 124 valence electrons. The summed E-state index contributed by atoms with van der Waals surface area (Å²) in [5.74, 6) is -0.327. The zero-order valence-corrected chi connectivity index (χ0v) is 14.0. The molecule has 7 heteroatoms. The highest BCUT2D eigenvalue weighted by atomic mass is 35.5. The Morgan fingerprint density at radius 3 is 2.62 bits per heavy atom. The van der Waals surface area contributed by atoms with Crippen LogP contribution in [0.25, 0.3) is 11.4 Å². The minimum absolute atomic E-state index is 0.264. The van der Waals surface area contributed by atoms with Gasteiger partial charge in [-0.05, 0) is 50.1 Å². The lowest BCUT2D eigenvalue weighted by molar-refractivity contribution is -0.121. The Balaban J connectivity index is 1.95. The number of nitrogens with two attached hydrogens (primary N) is 1. The van der Waals surface area contributed by atoms with Gasteiger partial charge >= 0.3 is 0 Å². The first-order valence-electron chi connectivity index (χ1n) is 7.67. The van der Waals surface area contributed by atoms with Gasteiger partial charge in [0.15, 0.2) is 5.82 Å². The lowest BCUT2D eigenvalue weighted by Crippen LogP contribution is -2.44. The maximum atomic E-state index is 12.8. The summed E-state index contributed by atoms with van der Waals surface area (Å²) >= 11 is 5.90. The minimum atomic E-state index is -0.563. The number of benzene rings is 1. The van der Waals surface area contributed by atoms with Crippen LogP contribution in [0.4, 0.5) is 0 Å². The number of carbonyl (C=O) groups excluding carboxylic acids is 2. The maximum absolute atomic E-state index is 12.8. The molecule has 1 atom stereocenters. The van der Waals surface area contributed by atoms with Gasteiger partial charge in [0.1, 0.15) is 11.7 Å². The van der Waals surface area contributed by atoms with E-state index in [4.69, 9.17) is 17.3 Å². The molecule has 2 heterocycles. The molecule has 1 aromatic heterocycles. The van der Waals surface area contributed by atoms with Gasteiger partial charge in [-0.3, -0.25) is 9.59 Å². The van der Waals surface area contributed by atoms with Gasteiger partial charge in [0, 0.05) is 22.8 Å². The number of rotatable bonds is 3. The highest BCUT2D eigenvalue weighted by Gasteiger charge is 2.34. The molecule has 1 aliphatic heterocycles. The van der Waals surface area contributed by atoms with Crippen LogP contribution >= 0.6 is 11.6 Å². The SMILES string of the molecule is Cc1cc(C(=O)N2CCCC2C(N)=O)nc(-c2ccc(Cl)cc2)n1. The summed E-state index contributed by atoms with van der Waals surface area (Å²) in [6, 6.07) is 8.15. The summed E-state index contributed by atoms with van der Waals surface area (Å²) in [7, 11) is 0. The van der Waals surface area contributed by atoms with Gasteiger partial charge in [-0.1, -0.05) is 11.6 Å². The first kappa shape index (κ1) is 16.4. The molecular weight excluding hydrogens is 328 g/mol. The Morgan fingerprint density at radius 2 is 1.96 bits per heavy atom. The Labute approximate surface area is 144 Å². The highest BCUT2D eigenvalue weighted by molar-refractivity contribution is 6.30. The summed E-state index contributed by atoms with van der Waals surface area (Å²) in [6.45, 7) is 2.30. The molecule has 1 fully saturated rings. The molecule has 1 unspecified atom stereocenters. The van der Waals surface area contributed by atoms with E-state index in [1.54, 1.807) is 37.3 Å². The zero-order valence-electron chi connectivity index (χ0n) is 13.2. The molecule has 2 amide bonds. The molecular formula is C17H17ClN4O2. The van der Waals surface area contributed by atoms with Gasteiger partial charge in [0.05, 0.1) is 0 Å². The topological polar surface area (TPSA) is 89.2 Å². The van der Waals surface area contributed by atoms with E-state index in [0.29, 0.717) is 29.5 Å². The Kier molecular flexibility index (Phi) is 4.49. The summed E-state index contributed by atoms with van der Waals surface area (Å²) in [6.07, 6.45) is 1.35. The number of aryl methyl sites for hydroxylation is 1. The average molecular weight is 345 g/mol. The van der Waals surface area contributed by atoms with Crippen molar-refractivity contribution in [2.24, 2.45) is 5.73 Å². The summed E-state index contributed by atoms with van der Waals surface area (Å²) in [5, 5.41) is 0.615. The van der Waals surface area contributed by atoms with Gasteiger partial charge < -0.3 is 10.6 Å². The van der Waals surface area contributed by atoms with Crippen molar-refractivity contribution in [1.82, 2.24) is 14.9 Å². The molecule has 0 bridgehead atoms. The van der Waals surface area contributed by atoms with Crippen molar-refractivity contribution in [2.75, 3.05) is 6.54 Å². The van der Waals surface area contributed by atoms with Gasteiger partial charge in [-0.15, -0.1) is 0 Å².